The fourth-order valence-electron chi connectivity index (χ4n) is 2.86. The van der Waals surface area contributed by atoms with Crippen molar-refractivity contribution in [2.75, 3.05) is 31.2 Å². The summed E-state index contributed by atoms with van der Waals surface area (Å²) in [5.74, 6) is -0.644. The zero-order valence-corrected chi connectivity index (χ0v) is 20.4. The van der Waals surface area contributed by atoms with Gasteiger partial charge in [-0.05, 0) is 31.0 Å². The van der Waals surface area contributed by atoms with E-state index in [1.54, 1.807) is 18.4 Å². The summed E-state index contributed by atoms with van der Waals surface area (Å²) in [7, 11) is -5.89. The van der Waals surface area contributed by atoms with Crippen LogP contribution < -0.4 is 20.7 Å². The Morgan fingerprint density at radius 1 is 1.27 bits per heavy atom. The summed E-state index contributed by atoms with van der Waals surface area (Å²) < 4.78 is 48.7. The van der Waals surface area contributed by atoms with Crippen LogP contribution in [0, 0.1) is 13.8 Å². The van der Waals surface area contributed by atoms with E-state index in [9.17, 15) is 13.8 Å². The van der Waals surface area contributed by atoms with Crippen molar-refractivity contribution in [2.24, 2.45) is 0 Å². The predicted octanol–water partition coefficient (Wildman–Crippen LogP) is 0.564. The highest BCUT2D eigenvalue weighted by Crippen LogP contribution is 2.28. The average molecular weight is 521 g/mol. The second-order valence-electron chi connectivity index (χ2n) is 6.94. The number of nitrogens with one attached hydrogen (secondary N) is 3. The number of amides is 1. The summed E-state index contributed by atoms with van der Waals surface area (Å²) >= 11 is 1.19. The zero-order valence-electron chi connectivity index (χ0n) is 17.9. The number of ether oxygens (including phenoxy) is 1. The summed E-state index contributed by atoms with van der Waals surface area (Å²) in [4.78, 5) is 29.5. The van der Waals surface area contributed by atoms with Crippen LogP contribution in [0.25, 0.3) is 0 Å². The normalized spacial score (nSPS) is 16.8. The SMILES string of the molecule is Cc1cc(C)c(OC(=O)C2CNCCN2)c(C(=O)Nc2nc(S(C)=O)cs2)c1.O=S(=O)(O)O. The van der Waals surface area contributed by atoms with Gasteiger partial charge in [-0.15, -0.1) is 11.3 Å². The van der Waals surface area contributed by atoms with Crippen molar-refractivity contribution < 1.29 is 36.1 Å². The number of anilines is 1. The number of rotatable bonds is 5. The van der Waals surface area contributed by atoms with E-state index >= 15 is 0 Å². The molecular formula is C18H24N4O8S3. The van der Waals surface area contributed by atoms with E-state index in [1.165, 1.54) is 17.6 Å². The van der Waals surface area contributed by atoms with Gasteiger partial charge in [-0.25, -0.2) is 9.78 Å². The third-order valence-corrected chi connectivity index (χ3v) is 5.89. The van der Waals surface area contributed by atoms with Crippen LogP contribution >= 0.6 is 11.3 Å². The molecule has 0 aliphatic carbocycles. The van der Waals surface area contributed by atoms with Crippen LogP contribution in [0.1, 0.15) is 21.5 Å². The molecule has 2 atom stereocenters. The van der Waals surface area contributed by atoms with E-state index in [4.69, 9.17) is 22.3 Å². The molecule has 33 heavy (non-hydrogen) atoms. The fourth-order valence-corrected chi connectivity index (χ4v) is 4.39. The minimum absolute atomic E-state index is 0.233. The first-order chi connectivity index (χ1) is 15.3. The smallest absolute Gasteiger partial charge is 0.394 e. The van der Waals surface area contributed by atoms with Crippen LogP contribution in [0.5, 0.6) is 5.75 Å². The highest BCUT2D eigenvalue weighted by atomic mass is 32.3. The van der Waals surface area contributed by atoms with Crippen molar-refractivity contribution in [1.82, 2.24) is 15.6 Å². The van der Waals surface area contributed by atoms with Crippen LogP contribution in [0.2, 0.25) is 0 Å². The van der Waals surface area contributed by atoms with Gasteiger partial charge < -0.3 is 15.4 Å². The zero-order chi connectivity index (χ0) is 24.8. The van der Waals surface area contributed by atoms with Crippen LogP contribution in [-0.4, -0.2) is 70.5 Å². The largest absolute Gasteiger partial charge is 0.424 e. The molecule has 3 rings (SSSR count). The van der Waals surface area contributed by atoms with Gasteiger partial charge in [0.25, 0.3) is 5.91 Å². The maximum Gasteiger partial charge on any atom is 0.394 e. The highest BCUT2D eigenvalue weighted by molar-refractivity contribution is 7.84. The predicted molar refractivity (Wildman–Crippen MR) is 123 cm³/mol. The first-order valence-electron chi connectivity index (χ1n) is 9.42. The molecule has 1 aromatic carbocycles. The molecule has 2 aromatic rings. The molecule has 15 heteroatoms. The van der Waals surface area contributed by atoms with Gasteiger partial charge in [-0.1, -0.05) is 6.07 Å². The van der Waals surface area contributed by atoms with E-state index in [0.717, 1.165) is 12.1 Å². The van der Waals surface area contributed by atoms with Gasteiger partial charge >= 0.3 is 16.4 Å². The summed E-state index contributed by atoms with van der Waals surface area (Å²) in [5, 5.41) is 11.3. The first kappa shape index (κ1) is 27.0. The van der Waals surface area contributed by atoms with Crippen LogP contribution in [0.15, 0.2) is 22.5 Å². The molecule has 0 radical (unpaired) electrons. The minimum Gasteiger partial charge on any atom is -0.424 e. The topological polar surface area (TPSA) is 184 Å². The van der Waals surface area contributed by atoms with Gasteiger partial charge in [-0.3, -0.25) is 23.4 Å². The lowest BCUT2D eigenvalue weighted by molar-refractivity contribution is -0.137. The molecule has 5 N–H and O–H groups in total. The molecule has 12 nitrogen and oxygen atoms in total. The van der Waals surface area contributed by atoms with Gasteiger partial charge in [0.05, 0.1) is 16.4 Å². The van der Waals surface area contributed by atoms with Crippen LogP contribution in [0.4, 0.5) is 5.13 Å². The van der Waals surface area contributed by atoms with Gasteiger partial charge in [0, 0.05) is 31.3 Å². The van der Waals surface area contributed by atoms with Crippen molar-refractivity contribution in [3.05, 3.63) is 34.2 Å². The number of thiazole rings is 1. The fraction of sp³-hybridized carbons (Fsp3) is 0.389. The lowest BCUT2D eigenvalue weighted by atomic mass is 10.0. The summed E-state index contributed by atoms with van der Waals surface area (Å²) in [6.07, 6.45) is 1.52. The van der Waals surface area contributed by atoms with E-state index in [0.29, 0.717) is 28.8 Å². The molecule has 1 aromatic heterocycles. The molecule has 1 fully saturated rings. The first-order valence-corrected chi connectivity index (χ1v) is 13.3. The number of hydrogen-bond acceptors (Lipinski definition) is 10. The Morgan fingerprint density at radius 2 is 1.94 bits per heavy atom. The number of benzene rings is 1. The molecule has 182 valence electrons. The van der Waals surface area contributed by atoms with Crippen molar-refractivity contribution in [3.8, 4) is 5.75 Å². The lowest BCUT2D eigenvalue weighted by Crippen LogP contribution is -2.53. The maximum absolute atomic E-state index is 12.8. The van der Waals surface area contributed by atoms with Gasteiger partial charge in [0.15, 0.2) is 5.13 Å². The average Bonchev–Trinajstić information content (AvgIpc) is 3.18. The standard InChI is InChI=1S/C18H22N4O4S2.H2O4S/c1-10-6-11(2)15(26-17(24)13-8-19-4-5-20-13)12(7-10)16(23)22-18-21-14(9-27-18)28(3)25;1-5(2,3)4/h6-7,9,13,19-20H,4-5,8H2,1-3H3,(H,21,22,23);(H2,1,2,3,4). The van der Waals surface area contributed by atoms with Crippen molar-refractivity contribution in [2.45, 2.75) is 24.9 Å². The summed E-state index contributed by atoms with van der Waals surface area (Å²) in [6.45, 7) is 5.59. The number of carbonyl (C=O) groups is 2. The minimum atomic E-state index is -4.67. The van der Waals surface area contributed by atoms with E-state index < -0.39 is 39.1 Å². The number of piperazine rings is 1. The molecule has 0 saturated carbocycles. The van der Waals surface area contributed by atoms with Gasteiger partial charge in [0.2, 0.25) is 0 Å². The monoisotopic (exact) mass is 520 g/mol. The molecule has 2 unspecified atom stereocenters. The molecule has 0 spiro atoms. The highest BCUT2D eigenvalue weighted by Gasteiger charge is 2.26. The number of nitrogens with zero attached hydrogens (tertiary/aromatic N) is 1. The van der Waals surface area contributed by atoms with E-state index in [2.05, 4.69) is 20.9 Å². The molecular weight excluding hydrogens is 496 g/mol. The number of esters is 1. The molecule has 1 aliphatic rings. The Morgan fingerprint density at radius 3 is 2.48 bits per heavy atom. The molecule has 0 bridgehead atoms. The Balaban J connectivity index is 0.000000696. The van der Waals surface area contributed by atoms with Crippen LogP contribution in [0.3, 0.4) is 0 Å². The second-order valence-corrected chi connectivity index (χ2v) is 10.0. The molecule has 1 saturated heterocycles. The summed E-state index contributed by atoms with van der Waals surface area (Å²) in [5.41, 5.74) is 1.81. The van der Waals surface area contributed by atoms with Gasteiger partial charge in [0.1, 0.15) is 16.8 Å². The van der Waals surface area contributed by atoms with Crippen molar-refractivity contribution in [1.29, 1.82) is 0 Å². The Labute approximate surface area is 197 Å². The maximum atomic E-state index is 12.8. The third kappa shape index (κ3) is 8.88. The third-order valence-electron chi connectivity index (χ3n) is 4.19. The molecule has 1 aliphatic heterocycles. The Kier molecular flexibility index (Phi) is 9.59. The quantitative estimate of drug-likeness (QED) is 0.211. The molecule has 1 amide bonds. The van der Waals surface area contributed by atoms with E-state index in [-0.39, 0.29) is 11.3 Å². The van der Waals surface area contributed by atoms with Crippen LogP contribution in [-0.2, 0) is 26.0 Å². The second kappa shape index (κ2) is 11.7. The molecule has 2 heterocycles. The lowest BCUT2D eigenvalue weighted by Gasteiger charge is -2.23. The van der Waals surface area contributed by atoms with E-state index in [1.807, 2.05) is 13.0 Å². The number of carbonyl (C=O) groups excluding carboxylic acids is 2. The Bertz CT molecular complexity index is 1140. The number of aromatic nitrogens is 1. The summed E-state index contributed by atoms with van der Waals surface area (Å²) in [6, 6.07) is 3.06. The Hall–Kier alpha value is -2.27. The van der Waals surface area contributed by atoms with Crippen molar-refractivity contribution >= 4 is 49.5 Å². The number of aryl methyl sites for hydroxylation is 2. The van der Waals surface area contributed by atoms with Gasteiger partial charge in [-0.2, -0.15) is 8.42 Å². The van der Waals surface area contributed by atoms with Crippen molar-refractivity contribution in [3.63, 3.8) is 0 Å². The number of hydrogen-bond donors (Lipinski definition) is 5.